The van der Waals surface area contributed by atoms with E-state index in [0.29, 0.717) is 5.16 Å². The van der Waals surface area contributed by atoms with Gasteiger partial charge in [0.15, 0.2) is 5.16 Å². The molecule has 0 spiro atoms. The first kappa shape index (κ1) is 15.2. The van der Waals surface area contributed by atoms with E-state index < -0.39 is 12.2 Å². The van der Waals surface area contributed by atoms with Crippen LogP contribution in [0.5, 0.6) is 0 Å². The van der Waals surface area contributed by atoms with Crippen molar-refractivity contribution >= 4 is 29.3 Å². The normalized spacial score (nSPS) is 14.1. The molecule has 2 atom stereocenters. The van der Waals surface area contributed by atoms with Crippen molar-refractivity contribution in [1.82, 2.24) is 15.3 Å². The predicted molar refractivity (Wildman–Crippen MR) is 68.5 cm³/mol. The third-order valence-electron chi connectivity index (χ3n) is 2.17. The van der Waals surface area contributed by atoms with Crippen LogP contribution in [0.4, 0.5) is 0 Å². The van der Waals surface area contributed by atoms with Crippen LogP contribution < -0.4 is 5.32 Å². The molecule has 1 aromatic rings. The van der Waals surface area contributed by atoms with Crippen LogP contribution in [-0.4, -0.2) is 45.0 Å². The Bertz CT molecular complexity index is 433. The van der Waals surface area contributed by atoms with Gasteiger partial charge in [-0.3, -0.25) is 4.79 Å². The molecule has 8 heteroatoms. The lowest BCUT2D eigenvalue weighted by Crippen LogP contribution is -2.34. The van der Waals surface area contributed by atoms with Crippen LogP contribution in [0.15, 0.2) is 11.4 Å². The SMILES string of the molecule is CSc1ncc(C(O)C(O)CNC(C)=O)c(Cl)n1. The molecule has 0 aliphatic heterocycles. The lowest BCUT2D eigenvalue weighted by molar-refractivity contribution is -0.119. The molecule has 6 nitrogen and oxygen atoms in total. The van der Waals surface area contributed by atoms with Gasteiger partial charge in [-0.15, -0.1) is 0 Å². The lowest BCUT2D eigenvalue weighted by Gasteiger charge is -2.18. The van der Waals surface area contributed by atoms with E-state index in [1.807, 2.05) is 0 Å². The van der Waals surface area contributed by atoms with Gasteiger partial charge in [0.05, 0.1) is 0 Å². The zero-order valence-electron chi connectivity index (χ0n) is 9.92. The summed E-state index contributed by atoms with van der Waals surface area (Å²) in [6.07, 6.45) is 0.742. The fraction of sp³-hybridized carbons (Fsp3) is 0.500. The fourth-order valence-corrected chi connectivity index (χ4v) is 1.85. The summed E-state index contributed by atoms with van der Waals surface area (Å²) in [5.41, 5.74) is 0.229. The minimum Gasteiger partial charge on any atom is -0.388 e. The monoisotopic (exact) mass is 291 g/mol. The van der Waals surface area contributed by atoms with E-state index in [-0.39, 0.29) is 23.2 Å². The van der Waals surface area contributed by atoms with Crippen LogP contribution in [0.3, 0.4) is 0 Å². The minimum absolute atomic E-state index is 0.0723. The second-order valence-corrected chi connectivity index (χ2v) is 4.68. The van der Waals surface area contributed by atoms with Crippen molar-refractivity contribution in [3.8, 4) is 0 Å². The van der Waals surface area contributed by atoms with E-state index in [1.54, 1.807) is 6.26 Å². The summed E-state index contributed by atoms with van der Waals surface area (Å²) >= 11 is 7.21. The second kappa shape index (κ2) is 6.89. The van der Waals surface area contributed by atoms with Gasteiger partial charge < -0.3 is 15.5 Å². The number of aliphatic hydroxyl groups is 2. The Morgan fingerprint density at radius 2 is 2.28 bits per heavy atom. The molecule has 1 amide bonds. The van der Waals surface area contributed by atoms with Gasteiger partial charge in [0.1, 0.15) is 17.4 Å². The van der Waals surface area contributed by atoms with Gasteiger partial charge in [-0.25, -0.2) is 9.97 Å². The zero-order chi connectivity index (χ0) is 13.7. The maximum atomic E-state index is 10.7. The Kier molecular flexibility index (Phi) is 5.80. The van der Waals surface area contributed by atoms with E-state index in [0.717, 1.165) is 0 Å². The molecule has 1 rings (SSSR count). The van der Waals surface area contributed by atoms with Gasteiger partial charge in [0.25, 0.3) is 0 Å². The van der Waals surface area contributed by atoms with Gasteiger partial charge in [0.2, 0.25) is 5.91 Å². The Balaban J connectivity index is 2.76. The lowest BCUT2D eigenvalue weighted by atomic mass is 10.1. The average Bonchev–Trinajstić information content (AvgIpc) is 2.34. The highest BCUT2D eigenvalue weighted by molar-refractivity contribution is 7.98. The molecule has 0 bridgehead atoms. The Morgan fingerprint density at radius 3 is 2.78 bits per heavy atom. The highest BCUT2D eigenvalue weighted by atomic mass is 35.5. The van der Waals surface area contributed by atoms with Gasteiger partial charge in [0, 0.05) is 25.2 Å². The van der Waals surface area contributed by atoms with E-state index in [9.17, 15) is 15.0 Å². The molecule has 3 N–H and O–H groups in total. The van der Waals surface area contributed by atoms with Crippen molar-refractivity contribution in [3.05, 3.63) is 16.9 Å². The smallest absolute Gasteiger partial charge is 0.216 e. The largest absolute Gasteiger partial charge is 0.388 e. The molecule has 18 heavy (non-hydrogen) atoms. The maximum absolute atomic E-state index is 10.7. The summed E-state index contributed by atoms with van der Waals surface area (Å²) in [5.74, 6) is -0.290. The molecule has 1 aromatic heterocycles. The number of halogens is 1. The van der Waals surface area contributed by atoms with Crippen molar-refractivity contribution < 1.29 is 15.0 Å². The first-order valence-corrected chi connectivity index (χ1v) is 6.73. The van der Waals surface area contributed by atoms with E-state index >= 15 is 0 Å². The number of carbonyl (C=O) groups is 1. The van der Waals surface area contributed by atoms with Crippen LogP contribution in [0.2, 0.25) is 5.15 Å². The summed E-state index contributed by atoms with van der Waals surface area (Å²) in [4.78, 5) is 18.6. The average molecular weight is 292 g/mol. The minimum atomic E-state index is -1.25. The second-order valence-electron chi connectivity index (χ2n) is 3.55. The first-order valence-electron chi connectivity index (χ1n) is 5.12. The molecule has 0 radical (unpaired) electrons. The number of nitrogens with one attached hydrogen (secondary N) is 1. The molecule has 0 aliphatic rings. The molecular formula is C10H14ClN3O3S. The molecule has 1 heterocycles. The van der Waals surface area contributed by atoms with Crippen LogP contribution in [-0.2, 0) is 4.79 Å². The summed E-state index contributed by atoms with van der Waals surface area (Å²) in [6, 6.07) is 0. The van der Waals surface area contributed by atoms with Crippen molar-refractivity contribution in [2.75, 3.05) is 12.8 Å². The van der Waals surface area contributed by atoms with Crippen LogP contribution >= 0.6 is 23.4 Å². The molecular weight excluding hydrogens is 278 g/mol. The van der Waals surface area contributed by atoms with Crippen LogP contribution in [0.25, 0.3) is 0 Å². The number of hydrogen-bond donors (Lipinski definition) is 3. The zero-order valence-corrected chi connectivity index (χ0v) is 11.5. The Labute approximate surface area is 114 Å². The number of aromatic nitrogens is 2. The molecule has 0 aromatic carbocycles. The summed E-state index contributed by atoms with van der Waals surface area (Å²) in [5, 5.41) is 22.5. The third kappa shape index (κ3) is 4.09. The number of rotatable bonds is 5. The van der Waals surface area contributed by atoms with Gasteiger partial charge in [-0.2, -0.15) is 0 Å². The number of carbonyl (C=O) groups excluding carboxylic acids is 1. The molecule has 0 saturated carbocycles. The van der Waals surface area contributed by atoms with Gasteiger partial charge in [-0.1, -0.05) is 23.4 Å². The number of amides is 1. The van der Waals surface area contributed by atoms with Crippen molar-refractivity contribution in [2.24, 2.45) is 0 Å². The fourth-order valence-electron chi connectivity index (χ4n) is 1.22. The highest BCUT2D eigenvalue weighted by Gasteiger charge is 2.22. The summed E-state index contributed by atoms with van der Waals surface area (Å²) in [7, 11) is 0. The molecule has 0 saturated heterocycles. The number of hydrogen-bond acceptors (Lipinski definition) is 6. The van der Waals surface area contributed by atoms with Crippen LogP contribution in [0, 0.1) is 0 Å². The van der Waals surface area contributed by atoms with E-state index in [2.05, 4.69) is 15.3 Å². The maximum Gasteiger partial charge on any atom is 0.216 e. The molecule has 100 valence electrons. The Hall–Kier alpha value is -0.890. The Morgan fingerprint density at radius 1 is 1.61 bits per heavy atom. The summed E-state index contributed by atoms with van der Waals surface area (Å²) in [6.45, 7) is 1.25. The standard InChI is InChI=1S/C10H14ClN3O3S/c1-5(15)12-4-7(16)8(17)6-3-13-10(18-2)14-9(6)11/h3,7-8,16-17H,4H2,1-2H3,(H,12,15). The first-order chi connectivity index (χ1) is 8.45. The van der Waals surface area contributed by atoms with Crippen molar-refractivity contribution in [3.63, 3.8) is 0 Å². The van der Waals surface area contributed by atoms with E-state index in [4.69, 9.17) is 11.6 Å². The van der Waals surface area contributed by atoms with Gasteiger partial charge >= 0.3 is 0 Å². The quantitative estimate of drug-likeness (QED) is 0.412. The molecule has 2 unspecified atom stereocenters. The predicted octanol–water partition coefficient (Wildman–Crippen LogP) is 0.382. The number of nitrogens with zero attached hydrogens (tertiary/aromatic N) is 2. The van der Waals surface area contributed by atoms with Crippen molar-refractivity contribution in [1.29, 1.82) is 0 Å². The van der Waals surface area contributed by atoms with Crippen LogP contribution in [0.1, 0.15) is 18.6 Å². The van der Waals surface area contributed by atoms with Crippen molar-refractivity contribution in [2.45, 2.75) is 24.3 Å². The molecule has 0 fully saturated rings. The summed E-state index contributed by atoms with van der Waals surface area (Å²) < 4.78 is 0. The number of aliphatic hydroxyl groups excluding tert-OH is 2. The van der Waals surface area contributed by atoms with Gasteiger partial charge in [-0.05, 0) is 6.26 Å². The topological polar surface area (TPSA) is 95.3 Å². The number of thioether (sulfide) groups is 1. The highest BCUT2D eigenvalue weighted by Crippen LogP contribution is 2.24. The third-order valence-corrected chi connectivity index (χ3v) is 3.04. The van der Waals surface area contributed by atoms with E-state index in [1.165, 1.54) is 24.9 Å². The molecule has 0 aliphatic carbocycles.